The Morgan fingerprint density at radius 2 is 1.91 bits per heavy atom. The second-order valence-electron chi connectivity index (χ2n) is 6.15. The number of hydrogen-bond donors (Lipinski definition) is 2. The molecule has 0 atom stereocenters. The number of pyridine rings is 1. The normalized spacial score (nSPS) is 11.4. The maximum absolute atomic E-state index is 12.1. The van der Waals surface area contributed by atoms with Crippen molar-refractivity contribution in [2.24, 2.45) is 0 Å². The molecule has 2 aromatic heterocycles. The summed E-state index contributed by atoms with van der Waals surface area (Å²) in [5.74, 6) is 0.503. The van der Waals surface area contributed by atoms with Crippen LogP contribution >= 0.6 is 11.6 Å². The van der Waals surface area contributed by atoms with E-state index in [-0.39, 0.29) is 11.6 Å². The van der Waals surface area contributed by atoms with Crippen molar-refractivity contribution in [3.8, 4) is 0 Å². The zero-order chi connectivity index (χ0) is 16.5. The molecule has 0 spiro atoms. The van der Waals surface area contributed by atoms with E-state index in [1.807, 2.05) is 24.6 Å². The van der Waals surface area contributed by atoms with Gasteiger partial charge in [0.05, 0.1) is 5.54 Å². The number of anilines is 2. The molecule has 0 aromatic carbocycles. The van der Waals surface area contributed by atoms with E-state index in [4.69, 9.17) is 11.6 Å². The second kappa shape index (κ2) is 5.96. The van der Waals surface area contributed by atoms with Gasteiger partial charge in [-0.25, -0.2) is 9.78 Å². The number of aromatic nitrogens is 3. The Hall–Kier alpha value is -2.08. The average Bonchev–Trinajstić information content (AvgIpc) is 2.74. The maximum atomic E-state index is 12.1. The third-order valence-electron chi connectivity index (χ3n) is 3.08. The molecule has 2 N–H and O–H groups in total. The topological polar surface area (TPSA) is 71.8 Å². The van der Waals surface area contributed by atoms with Crippen molar-refractivity contribution in [1.82, 2.24) is 14.8 Å². The molecule has 2 heterocycles. The van der Waals surface area contributed by atoms with Crippen molar-refractivity contribution < 1.29 is 4.79 Å². The standard InChI is InChI=1S/C15H20ClN5O/c1-9-8-17-12(16)7-11(9)18-14(22)19-13-6-10(2)21(20-13)15(3,4)5/h6-8H,1-5H3,(H2,17,18,19,20,22). The molecule has 0 bridgehead atoms. The number of urea groups is 1. The summed E-state index contributed by atoms with van der Waals surface area (Å²) in [5, 5.41) is 10.2. The Morgan fingerprint density at radius 3 is 2.50 bits per heavy atom. The molecule has 0 unspecified atom stereocenters. The Bertz CT molecular complexity index is 702. The second-order valence-corrected chi connectivity index (χ2v) is 6.54. The van der Waals surface area contributed by atoms with E-state index in [9.17, 15) is 4.79 Å². The van der Waals surface area contributed by atoms with Crippen LogP contribution in [0.2, 0.25) is 5.15 Å². The molecule has 0 saturated heterocycles. The van der Waals surface area contributed by atoms with Crippen LogP contribution in [0, 0.1) is 13.8 Å². The van der Waals surface area contributed by atoms with Gasteiger partial charge in [-0.15, -0.1) is 0 Å². The summed E-state index contributed by atoms with van der Waals surface area (Å²) >= 11 is 5.84. The minimum atomic E-state index is -0.371. The van der Waals surface area contributed by atoms with E-state index in [2.05, 4.69) is 41.5 Å². The molecular formula is C15H20ClN5O. The van der Waals surface area contributed by atoms with Crippen molar-refractivity contribution in [2.45, 2.75) is 40.2 Å². The number of nitrogens with one attached hydrogen (secondary N) is 2. The molecule has 2 aromatic rings. The maximum Gasteiger partial charge on any atom is 0.324 e. The van der Waals surface area contributed by atoms with Gasteiger partial charge in [0.15, 0.2) is 5.82 Å². The Labute approximate surface area is 134 Å². The molecule has 118 valence electrons. The fourth-order valence-corrected chi connectivity index (χ4v) is 2.28. The number of hydrogen-bond acceptors (Lipinski definition) is 3. The lowest BCUT2D eigenvalue weighted by atomic mass is 10.1. The van der Waals surface area contributed by atoms with Crippen LogP contribution in [0.1, 0.15) is 32.0 Å². The third kappa shape index (κ3) is 3.76. The van der Waals surface area contributed by atoms with Gasteiger partial charge in [0.25, 0.3) is 0 Å². The van der Waals surface area contributed by atoms with Gasteiger partial charge in [-0.1, -0.05) is 11.6 Å². The first-order valence-electron chi connectivity index (χ1n) is 6.94. The predicted molar refractivity (Wildman–Crippen MR) is 88.6 cm³/mol. The van der Waals surface area contributed by atoms with Crippen molar-refractivity contribution in [2.75, 3.05) is 10.6 Å². The van der Waals surface area contributed by atoms with E-state index in [0.29, 0.717) is 16.7 Å². The molecule has 6 nitrogen and oxygen atoms in total. The summed E-state index contributed by atoms with van der Waals surface area (Å²) in [4.78, 5) is 16.0. The van der Waals surface area contributed by atoms with E-state index < -0.39 is 0 Å². The Morgan fingerprint density at radius 1 is 1.23 bits per heavy atom. The third-order valence-corrected chi connectivity index (χ3v) is 3.29. The molecule has 0 aliphatic heterocycles. The fourth-order valence-electron chi connectivity index (χ4n) is 2.12. The van der Waals surface area contributed by atoms with E-state index >= 15 is 0 Å². The largest absolute Gasteiger partial charge is 0.324 e. The lowest BCUT2D eigenvalue weighted by Crippen LogP contribution is -2.25. The van der Waals surface area contributed by atoms with Crippen molar-refractivity contribution in [1.29, 1.82) is 0 Å². The van der Waals surface area contributed by atoms with Crippen LogP contribution in [0.4, 0.5) is 16.3 Å². The first-order valence-corrected chi connectivity index (χ1v) is 7.32. The first-order chi connectivity index (χ1) is 10.2. The van der Waals surface area contributed by atoms with Gasteiger partial charge in [0.1, 0.15) is 5.15 Å². The lowest BCUT2D eigenvalue weighted by Gasteiger charge is -2.21. The molecule has 0 aliphatic rings. The Kier molecular flexibility index (Phi) is 4.42. The van der Waals surface area contributed by atoms with Gasteiger partial charge in [0, 0.05) is 23.6 Å². The molecule has 2 rings (SSSR count). The van der Waals surface area contributed by atoms with Gasteiger partial charge in [-0.05, 0) is 46.2 Å². The van der Waals surface area contributed by atoms with Crippen LogP contribution in [0.5, 0.6) is 0 Å². The zero-order valence-electron chi connectivity index (χ0n) is 13.4. The van der Waals surface area contributed by atoms with Crippen LogP contribution in [0.25, 0.3) is 0 Å². The summed E-state index contributed by atoms with van der Waals surface area (Å²) < 4.78 is 1.87. The van der Waals surface area contributed by atoms with Crippen molar-refractivity contribution in [3.05, 3.63) is 34.7 Å². The quantitative estimate of drug-likeness (QED) is 0.823. The number of nitrogens with zero attached hydrogens (tertiary/aromatic N) is 3. The molecule has 0 fully saturated rings. The number of halogens is 1. The summed E-state index contributed by atoms with van der Waals surface area (Å²) in [6, 6.07) is 3.07. The van der Waals surface area contributed by atoms with Crippen LogP contribution in [0.15, 0.2) is 18.3 Å². The van der Waals surface area contributed by atoms with Gasteiger partial charge in [-0.2, -0.15) is 5.10 Å². The zero-order valence-corrected chi connectivity index (χ0v) is 14.1. The molecule has 22 heavy (non-hydrogen) atoms. The highest BCUT2D eigenvalue weighted by atomic mass is 35.5. The molecule has 0 saturated carbocycles. The smallest absolute Gasteiger partial charge is 0.307 e. The van der Waals surface area contributed by atoms with Crippen molar-refractivity contribution in [3.63, 3.8) is 0 Å². The predicted octanol–water partition coefficient (Wildman–Crippen LogP) is 3.95. The highest BCUT2D eigenvalue weighted by Gasteiger charge is 2.18. The molecule has 7 heteroatoms. The van der Waals surface area contributed by atoms with Gasteiger partial charge >= 0.3 is 6.03 Å². The number of carbonyl (C=O) groups is 1. The van der Waals surface area contributed by atoms with Crippen molar-refractivity contribution >= 4 is 29.1 Å². The molecule has 0 aliphatic carbocycles. The van der Waals surface area contributed by atoms with E-state index in [1.165, 1.54) is 0 Å². The number of carbonyl (C=O) groups excluding carboxylic acids is 1. The van der Waals surface area contributed by atoms with Gasteiger partial charge < -0.3 is 5.32 Å². The van der Waals surface area contributed by atoms with Gasteiger partial charge in [-0.3, -0.25) is 10.00 Å². The van der Waals surface area contributed by atoms with Crippen LogP contribution in [0.3, 0.4) is 0 Å². The summed E-state index contributed by atoms with van der Waals surface area (Å²) in [6.45, 7) is 9.96. The highest BCUT2D eigenvalue weighted by Crippen LogP contribution is 2.20. The monoisotopic (exact) mass is 321 g/mol. The average molecular weight is 322 g/mol. The molecule has 2 amide bonds. The van der Waals surface area contributed by atoms with E-state index in [0.717, 1.165) is 11.3 Å². The van der Waals surface area contributed by atoms with Crippen LogP contribution in [-0.2, 0) is 5.54 Å². The SMILES string of the molecule is Cc1cnc(Cl)cc1NC(=O)Nc1cc(C)n(C(C)(C)C)n1. The molecular weight excluding hydrogens is 302 g/mol. The lowest BCUT2D eigenvalue weighted by molar-refractivity contribution is 0.262. The number of amides is 2. The summed E-state index contributed by atoms with van der Waals surface area (Å²) in [7, 11) is 0. The summed E-state index contributed by atoms with van der Waals surface area (Å²) in [6.07, 6.45) is 1.61. The molecule has 0 radical (unpaired) electrons. The van der Waals surface area contributed by atoms with Crippen LogP contribution in [-0.4, -0.2) is 20.8 Å². The number of rotatable bonds is 2. The first kappa shape index (κ1) is 16.3. The fraction of sp³-hybridized carbons (Fsp3) is 0.400. The van der Waals surface area contributed by atoms with Crippen LogP contribution < -0.4 is 10.6 Å². The summed E-state index contributed by atoms with van der Waals surface area (Å²) in [5.41, 5.74) is 2.28. The van der Waals surface area contributed by atoms with Gasteiger partial charge in [0.2, 0.25) is 0 Å². The number of aryl methyl sites for hydroxylation is 2. The highest BCUT2D eigenvalue weighted by molar-refractivity contribution is 6.29. The minimum Gasteiger partial charge on any atom is -0.307 e. The van der Waals surface area contributed by atoms with E-state index in [1.54, 1.807) is 12.3 Å². The Balaban J connectivity index is 2.11. The minimum absolute atomic E-state index is 0.143.